The van der Waals surface area contributed by atoms with E-state index < -0.39 is 23.6 Å². The number of fused-ring (bicyclic) bond motifs is 3. The van der Waals surface area contributed by atoms with Crippen LogP contribution in [-0.2, 0) is 32.3 Å². The number of carboxylic acid groups (broad SMARTS) is 1. The molecule has 0 bridgehead atoms. The molecule has 56 heavy (non-hydrogen) atoms. The number of thioether (sulfide) groups is 2. The Balaban J connectivity index is 0.00000155. The number of rotatable bonds is 8. The van der Waals surface area contributed by atoms with Gasteiger partial charge < -0.3 is 10.0 Å². The lowest BCUT2D eigenvalue weighted by atomic mass is 9.96. The highest BCUT2D eigenvalue weighted by Crippen LogP contribution is 2.52. The molecule has 2 aliphatic heterocycles. The third kappa shape index (κ3) is 7.40. The maximum absolute atomic E-state index is 14.3. The number of carbonyl (C=O) groups is 2. The van der Waals surface area contributed by atoms with Crippen molar-refractivity contribution in [3.63, 3.8) is 0 Å². The van der Waals surface area contributed by atoms with Crippen molar-refractivity contribution in [1.29, 1.82) is 0 Å². The zero-order valence-corrected chi connectivity index (χ0v) is 34.2. The molecule has 286 valence electrons. The normalized spacial score (nSPS) is 19.1. The average Bonchev–Trinajstić information content (AvgIpc) is 3.99. The van der Waals surface area contributed by atoms with E-state index in [0.717, 1.165) is 64.8 Å². The Morgan fingerprint density at radius 2 is 1.70 bits per heavy atom. The third-order valence-corrected chi connectivity index (χ3v) is 14.8. The molecule has 2 aromatic heterocycles. The van der Waals surface area contributed by atoms with Gasteiger partial charge in [0.05, 0.1) is 11.1 Å². The molecule has 1 amide bonds. The van der Waals surface area contributed by atoms with Crippen LogP contribution in [0.15, 0.2) is 87.3 Å². The number of nitrogens with zero attached hydrogens (tertiary/aromatic N) is 4. The number of thiazole rings is 2. The van der Waals surface area contributed by atoms with E-state index in [1.54, 1.807) is 17.8 Å². The standard InChI is InChI=1S/C39H34N4O5S5.CO2/c1-3-40-35(47)33(53-39(40)49)38-41(20-22-8-5-4-6-9-22)36(48)32(52-38)37-42(21-31(44)45)34(46)30(51-37)19-23-12-17-29-27(18-23)26-10-7-11-28(26)43(29)24-13-15-25(50-2)16-14-24;2-1-3/h4-6,8-9,12-19,26,28H,3,7,10-11,20-21H2,1-2H3,(H,44,45);/b30-19-,37-32+,38-33+;. The Labute approximate surface area is 341 Å². The molecule has 1 saturated heterocycles. The summed E-state index contributed by atoms with van der Waals surface area (Å²) in [6.07, 6.45) is 7.46. The van der Waals surface area contributed by atoms with Gasteiger partial charge in [0.1, 0.15) is 29.6 Å². The number of anilines is 2. The van der Waals surface area contributed by atoms with Crippen LogP contribution in [0.5, 0.6) is 0 Å². The fourth-order valence-electron chi connectivity index (χ4n) is 7.59. The molecule has 1 N–H and O–H groups in total. The summed E-state index contributed by atoms with van der Waals surface area (Å²) >= 11 is 10.6. The molecule has 2 fully saturated rings. The van der Waals surface area contributed by atoms with Crippen LogP contribution in [-0.4, -0.2) is 60.3 Å². The molecular formula is C40H34N4O7S5. The number of hydrogen-bond donors (Lipinski definition) is 1. The molecule has 5 aromatic rings. The lowest BCUT2D eigenvalue weighted by Crippen LogP contribution is -2.32. The monoisotopic (exact) mass is 842 g/mol. The van der Waals surface area contributed by atoms with Crippen molar-refractivity contribution in [2.75, 3.05) is 17.7 Å². The van der Waals surface area contributed by atoms with Gasteiger partial charge in [-0.05, 0) is 85.2 Å². The van der Waals surface area contributed by atoms with Gasteiger partial charge in [0, 0.05) is 34.8 Å². The van der Waals surface area contributed by atoms with E-state index in [2.05, 4.69) is 47.6 Å². The van der Waals surface area contributed by atoms with Crippen LogP contribution in [0, 0.1) is 9.20 Å². The summed E-state index contributed by atoms with van der Waals surface area (Å²) in [7, 11) is 0. The molecule has 1 saturated carbocycles. The maximum Gasteiger partial charge on any atom is 0.373 e. The fourth-order valence-corrected chi connectivity index (χ4v) is 11.9. The number of aliphatic carboxylic acids is 1. The van der Waals surface area contributed by atoms with Crippen molar-refractivity contribution in [2.45, 2.75) is 56.1 Å². The highest BCUT2D eigenvalue weighted by atomic mass is 32.2. The second kappa shape index (κ2) is 16.7. The van der Waals surface area contributed by atoms with Gasteiger partial charge in [0.15, 0.2) is 0 Å². The van der Waals surface area contributed by atoms with E-state index >= 15 is 0 Å². The lowest BCUT2D eigenvalue weighted by molar-refractivity contribution is -0.191. The van der Waals surface area contributed by atoms with Crippen LogP contribution in [0.3, 0.4) is 0 Å². The van der Waals surface area contributed by atoms with Gasteiger partial charge >= 0.3 is 12.1 Å². The molecule has 8 rings (SSSR count). The summed E-state index contributed by atoms with van der Waals surface area (Å²) in [6, 6.07) is 24.8. The summed E-state index contributed by atoms with van der Waals surface area (Å²) in [5.41, 5.74) is 4.40. The number of thiocarbonyl (C=S) groups is 1. The van der Waals surface area contributed by atoms with E-state index in [1.165, 1.54) is 35.9 Å². The molecule has 0 spiro atoms. The minimum atomic E-state index is -1.20. The van der Waals surface area contributed by atoms with Crippen LogP contribution in [0.4, 0.5) is 11.4 Å². The Morgan fingerprint density at radius 3 is 2.36 bits per heavy atom. The molecule has 11 nitrogen and oxygen atoms in total. The zero-order chi connectivity index (χ0) is 39.7. The molecule has 2 unspecified atom stereocenters. The highest BCUT2D eigenvalue weighted by molar-refractivity contribution is 8.30. The zero-order valence-electron chi connectivity index (χ0n) is 30.1. The minimum Gasteiger partial charge on any atom is -0.480 e. The molecule has 1 aliphatic carbocycles. The Morgan fingerprint density at radius 1 is 0.964 bits per heavy atom. The van der Waals surface area contributed by atoms with E-state index in [4.69, 9.17) is 21.8 Å². The van der Waals surface area contributed by atoms with E-state index in [0.29, 0.717) is 36.9 Å². The van der Waals surface area contributed by atoms with Crippen molar-refractivity contribution in [3.8, 4) is 0 Å². The molecule has 2 atom stereocenters. The third-order valence-electron chi connectivity index (χ3n) is 9.99. The van der Waals surface area contributed by atoms with Gasteiger partial charge in [-0.1, -0.05) is 66.8 Å². The summed E-state index contributed by atoms with van der Waals surface area (Å²) in [6.45, 7) is 1.81. The maximum atomic E-state index is 14.3. The lowest BCUT2D eigenvalue weighted by Gasteiger charge is -2.27. The number of carbonyl (C=O) groups excluding carboxylic acids is 3. The first kappa shape index (κ1) is 39.4. The van der Waals surface area contributed by atoms with Crippen LogP contribution >= 0.6 is 58.4 Å². The van der Waals surface area contributed by atoms with Crippen molar-refractivity contribution in [2.24, 2.45) is 0 Å². The van der Waals surface area contributed by atoms with Crippen LogP contribution in [0.1, 0.15) is 48.8 Å². The average molecular weight is 843 g/mol. The van der Waals surface area contributed by atoms with Gasteiger partial charge in [-0.25, -0.2) is 0 Å². The Kier molecular flexibility index (Phi) is 11.8. The predicted octanol–water partition coefficient (Wildman–Crippen LogP) is 5.30. The second-order valence-electron chi connectivity index (χ2n) is 13.1. The summed E-state index contributed by atoms with van der Waals surface area (Å²) in [5.74, 6) is -1.11. The SMILES string of the molecule is CCN1C(=O)/C(=c2\s/c(=c3/s/c(=C\c4ccc5c(c4)C4CCCC4N5c4ccc(SC)cc4)c(=O)n3CC(=O)O)c(=O)n2Cc2ccccc2)SC1=S.O=C=O. The highest BCUT2D eigenvalue weighted by Gasteiger charge is 2.42. The van der Waals surface area contributed by atoms with Gasteiger partial charge in [-0.3, -0.25) is 33.2 Å². The summed E-state index contributed by atoms with van der Waals surface area (Å²) in [4.78, 5) is 75.7. The van der Waals surface area contributed by atoms with Crippen molar-refractivity contribution in [3.05, 3.63) is 129 Å². The van der Waals surface area contributed by atoms with Crippen LogP contribution in [0.25, 0.3) is 11.0 Å². The molecular weight excluding hydrogens is 809 g/mol. The first-order chi connectivity index (χ1) is 27.1. The first-order valence-electron chi connectivity index (χ1n) is 17.6. The van der Waals surface area contributed by atoms with Gasteiger partial charge in [0.2, 0.25) is 0 Å². The Hall–Kier alpha value is -4.83. The number of benzene rings is 3. The van der Waals surface area contributed by atoms with Crippen molar-refractivity contribution >= 4 is 103 Å². The Bertz CT molecular complexity index is 2750. The van der Waals surface area contributed by atoms with Crippen molar-refractivity contribution < 1.29 is 24.3 Å². The van der Waals surface area contributed by atoms with E-state index in [1.807, 2.05) is 43.3 Å². The number of carboxylic acids is 1. The van der Waals surface area contributed by atoms with Gasteiger partial charge in [-0.15, -0.1) is 34.4 Å². The van der Waals surface area contributed by atoms with E-state index in [9.17, 15) is 24.3 Å². The topological polar surface area (TPSA) is 139 Å². The largest absolute Gasteiger partial charge is 0.480 e. The summed E-state index contributed by atoms with van der Waals surface area (Å²) < 4.78 is 4.31. The van der Waals surface area contributed by atoms with E-state index in [-0.39, 0.29) is 27.8 Å². The molecule has 4 heterocycles. The quantitative estimate of drug-likeness (QED) is 0.161. The molecule has 0 radical (unpaired) electrons. The predicted molar refractivity (Wildman–Crippen MR) is 224 cm³/mol. The fraction of sp³-hybridized carbons (Fsp3) is 0.250. The number of hydrogen-bond acceptors (Lipinski definition) is 12. The second-order valence-corrected chi connectivity index (χ2v) is 17.7. The number of amides is 1. The molecule has 3 aliphatic rings. The van der Waals surface area contributed by atoms with Gasteiger partial charge in [-0.2, -0.15) is 9.59 Å². The summed E-state index contributed by atoms with van der Waals surface area (Å²) in [5, 5.41) is 9.90. The van der Waals surface area contributed by atoms with Crippen molar-refractivity contribution in [1.82, 2.24) is 14.0 Å². The number of aromatic nitrogens is 2. The van der Waals surface area contributed by atoms with Crippen LogP contribution in [0.2, 0.25) is 0 Å². The van der Waals surface area contributed by atoms with Crippen LogP contribution < -0.4 is 25.2 Å². The molecule has 16 heteroatoms. The molecule has 3 aromatic carbocycles. The minimum absolute atomic E-state index is 0.186. The van der Waals surface area contributed by atoms with Gasteiger partial charge in [0.25, 0.3) is 17.0 Å². The smallest absolute Gasteiger partial charge is 0.373 e. The first-order valence-corrected chi connectivity index (χ1v) is 21.7.